The second kappa shape index (κ2) is 7.32. The SMILES string of the molecule is Cc1[nH]c2ccccc2c1C(=O)C(=O)OCC(=O)N1[C@H](C)CCC[C@@H]1C. The largest absolute Gasteiger partial charge is 0.450 e. The maximum absolute atomic E-state index is 12.5. The molecule has 1 aromatic heterocycles. The fourth-order valence-corrected chi connectivity index (χ4v) is 3.85. The molecule has 0 unspecified atom stereocenters. The summed E-state index contributed by atoms with van der Waals surface area (Å²) in [5.74, 6) is -1.97. The van der Waals surface area contributed by atoms with Gasteiger partial charge >= 0.3 is 5.97 Å². The number of carbonyl (C=O) groups excluding carboxylic acids is 3. The number of nitrogens with zero attached hydrogens (tertiary/aromatic N) is 1. The number of aromatic nitrogens is 1. The Kier molecular flexibility index (Phi) is 5.11. The average molecular weight is 356 g/mol. The molecule has 0 aliphatic carbocycles. The molecule has 2 atom stereocenters. The molecule has 0 saturated carbocycles. The standard InChI is InChI=1S/C20H24N2O4/c1-12-7-6-8-13(2)22(12)17(23)11-26-20(25)19(24)18-14(3)21-16-10-5-4-9-15(16)18/h4-5,9-10,12-13,21H,6-8,11H2,1-3H3/t12-,13+. The number of fused-ring (bicyclic) bond motifs is 1. The van der Waals surface area contributed by atoms with Crippen LogP contribution in [0.3, 0.4) is 0 Å². The van der Waals surface area contributed by atoms with Gasteiger partial charge in [-0.15, -0.1) is 0 Å². The lowest BCUT2D eigenvalue weighted by molar-refractivity contribution is -0.151. The number of ketones is 1. The number of piperidine rings is 1. The van der Waals surface area contributed by atoms with Crippen molar-refractivity contribution in [1.82, 2.24) is 9.88 Å². The Morgan fingerprint density at radius 3 is 2.50 bits per heavy atom. The summed E-state index contributed by atoms with van der Waals surface area (Å²) in [7, 11) is 0. The predicted octanol–water partition coefficient (Wildman–Crippen LogP) is 2.99. The molecular weight excluding hydrogens is 332 g/mol. The van der Waals surface area contributed by atoms with Crippen LogP contribution < -0.4 is 0 Å². The lowest BCUT2D eigenvalue weighted by atomic mass is 9.97. The monoisotopic (exact) mass is 356 g/mol. The molecule has 1 fully saturated rings. The minimum absolute atomic E-state index is 0.122. The number of amides is 1. The minimum atomic E-state index is -0.997. The zero-order valence-corrected chi connectivity index (χ0v) is 15.4. The summed E-state index contributed by atoms with van der Waals surface area (Å²) in [6, 6.07) is 7.52. The Morgan fingerprint density at radius 1 is 1.15 bits per heavy atom. The van der Waals surface area contributed by atoms with Gasteiger partial charge in [0.15, 0.2) is 6.61 Å². The molecule has 0 radical (unpaired) electrons. The summed E-state index contributed by atoms with van der Waals surface area (Å²) < 4.78 is 5.05. The molecule has 138 valence electrons. The summed E-state index contributed by atoms with van der Waals surface area (Å²) in [4.78, 5) is 42.1. The van der Waals surface area contributed by atoms with Gasteiger partial charge < -0.3 is 14.6 Å². The molecule has 3 rings (SSSR count). The molecule has 1 aliphatic heterocycles. The zero-order chi connectivity index (χ0) is 18.8. The highest BCUT2D eigenvalue weighted by molar-refractivity contribution is 6.43. The Hall–Kier alpha value is -2.63. The van der Waals surface area contributed by atoms with Crippen molar-refractivity contribution >= 4 is 28.6 Å². The highest BCUT2D eigenvalue weighted by Gasteiger charge is 2.30. The summed E-state index contributed by atoms with van der Waals surface area (Å²) in [5.41, 5.74) is 1.70. The maximum atomic E-state index is 12.5. The van der Waals surface area contributed by atoms with Crippen molar-refractivity contribution < 1.29 is 19.1 Å². The third kappa shape index (κ3) is 3.36. The van der Waals surface area contributed by atoms with Gasteiger partial charge in [-0.25, -0.2) is 4.79 Å². The van der Waals surface area contributed by atoms with Crippen LogP contribution >= 0.6 is 0 Å². The van der Waals surface area contributed by atoms with Gasteiger partial charge in [0.2, 0.25) is 0 Å². The number of H-pyrrole nitrogens is 1. The third-order valence-corrected chi connectivity index (χ3v) is 5.11. The molecule has 1 amide bonds. The Morgan fingerprint density at radius 2 is 1.81 bits per heavy atom. The van der Waals surface area contributed by atoms with Crippen molar-refractivity contribution in [2.45, 2.75) is 52.1 Å². The van der Waals surface area contributed by atoms with E-state index in [-0.39, 0.29) is 18.0 Å². The Balaban J connectivity index is 1.69. The number of para-hydroxylation sites is 1. The second-order valence-corrected chi connectivity index (χ2v) is 7.01. The normalized spacial score (nSPS) is 20.2. The van der Waals surface area contributed by atoms with E-state index in [0.29, 0.717) is 16.6 Å². The minimum Gasteiger partial charge on any atom is -0.450 e. The van der Waals surface area contributed by atoms with Crippen LogP contribution in [0, 0.1) is 6.92 Å². The lowest BCUT2D eigenvalue weighted by Gasteiger charge is -2.38. The zero-order valence-electron chi connectivity index (χ0n) is 15.4. The average Bonchev–Trinajstić information content (AvgIpc) is 2.94. The van der Waals surface area contributed by atoms with Gasteiger partial charge in [-0.2, -0.15) is 0 Å². The van der Waals surface area contributed by atoms with E-state index in [4.69, 9.17) is 4.74 Å². The first kappa shape index (κ1) is 18.2. The summed E-state index contributed by atoms with van der Waals surface area (Å²) in [6.07, 6.45) is 2.97. The maximum Gasteiger partial charge on any atom is 0.380 e. The van der Waals surface area contributed by atoms with Gasteiger partial charge in [-0.1, -0.05) is 18.2 Å². The van der Waals surface area contributed by atoms with E-state index in [0.717, 1.165) is 24.8 Å². The van der Waals surface area contributed by atoms with Gasteiger partial charge in [-0.05, 0) is 46.1 Å². The number of aryl methyl sites for hydroxylation is 1. The molecule has 6 nitrogen and oxygen atoms in total. The van der Waals surface area contributed by atoms with E-state index in [9.17, 15) is 14.4 Å². The van der Waals surface area contributed by atoms with Crippen molar-refractivity contribution in [3.63, 3.8) is 0 Å². The quantitative estimate of drug-likeness (QED) is 0.519. The van der Waals surface area contributed by atoms with E-state index < -0.39 is 18.4 Å². The summed E-state index contributed by atoms with van der Waals surface area (Å²) in [6.45, 7) is 5.33. The van der Waals surface area contributed by atoms with Crippen molar-refractivity contribution in [3.8, 4) is 0 Å². The number of carbonyl (C=O) groups is 3. The van der Waals surface area contributed by atoms with Gasteiger partial charge in [0.1, 0.15) is 0 Å². The predicted molar refractivity (Wildman–Crippen MR) is 97.9 cm³/mol. The van der Waals surface area contributed by atoms with Crippen molar-refractivity contribution in [2.75, 3.05) is 6.61 Å². The van der Waals surface area contributed by atoms with Crippen LogP contribution in [0.15, 0.2) is 24.3 Å². The van der Waals surface area contributed by atoms with Gasteiger partial charge in [0.05, 0.1) is 5.56 Å². The molecule has 0 bridgehead atoms. The van der Waals surface area contributed by atoms with Gasteiger partial charge in [0, 0.05) is 28.7 Å². The molecule has 1 aliphatic rings. The number of likely N-dealkylation sites (tertiary alicyclic amines) is 1. The fourth-order valence-electron chi connectivity index (χ4n) is 3.85. The number of hydrogen-bond donors (Lipinski definition) is 1. The molecular formula is C20H24N2O4. The number of Topliss-reactive ketones (excluding diaryl/α,β-unsaturated/α-hetero) is 1. The lowest BCUT2D eigenvalue weighted by Crippen LogP contribution is -2.49. The van der Waals surface area contributed by atoms with E-state index in [2.05, 4.69) is 4.98 Å². The van der Waals surface area contributed by atoms with Crippen LogP contribution in [-0.4, -0.2) is 46.2 Å². The van der Waals surface area contributed by atoms with Gasteiger partial charge in [0.25, 0.3) is 11.7 Å². The number of ether oxygens (including phenoxy) is 1. The summed E-state index contributed by atoms with van der Waals surface area (Å²) >= 11 is 0. The van der Waals surface area contributed by atoms with Crippen LogP contribution in [-0.2, 0) is 14.3 Å². The molecule has 26 heavy (non-hydrogen) atoms. The molecule has 0 spiro atoms. The number of esters is 1. The first-order chi connectivity index (χ1) is 12.4. The number of hydrogen-bond acceptors (Lipinski definition) is 4. The highest BCUT2D eigenvalue weighted by Crippen LogP contribution is 2.24. The van der Waals surface area contributed by atoms with E-state index in [1.165, 1.54) is 0 Å². The Bertz CT molecular complexity index is 845. The molecule has 2 heterocycles. The van der Waals surface area contributed by atoms with Crippen molar-refractivity contribution in [2.24, 2.45) is 0 Å². The van der Waals surface area contributed by atoms with Crippen molar-refractivity contribution in [3.05, 3.63) is 35.5 Å². The smallest absolute Gasteiger partial charge is 0.380 e. The van der Waals surface area contributed by atoms with Crippen LogP contribution in [0.1, 0.15) is 49.2 Å². The topological polar surface area (TPSA) is 79.5 Å². The van der Waals surface area contributed by atoms with Gasteiger partial charge in [-0.3, -0.25) is 9.59 Å². The molecule has 6 heteroatoms. The van der Waals surface area contributed by atoms with E-state index in [1.54, 1.807) is 24.0 Å². The first-order valence-corrected chi connectivity index (χ1v) is 9.00. The van der Waals surface area contributed by atoms with Crippen LogP contribution in [0.2, 0.25) is 0 Å². The molecule has 1 aromatic carbocycles. The molecule has 1 N–H and O–H groups in total. The van der Waals surface area contributed by atoms with Crippen LogP contribution in [0.25, 0.3) is 10.9 Å². The van der Waals surface area contributed by atoms with Crippen LogP contribution in [0.5, 0.6) is 0 Å². The first-order valence-electron chi connectivity index (χ1n) is 9.00. The number of aromatic amines is 1. The molecule has 1 saturated heterocycles. The fraction of sp³-hybridized carbons (Fsp3) is 0.450. The highest BCUT2D eigenvalue weighted by atomic mass is 16.5. The third-order valence-electron chi connectivity index (χ3n) is 5.11. The number of rotatable bonds is 4. The number of benzene rings is 1. The van der Waals surface area contributed by atoms with Crippen LogP contribution in [0.4, 0.5) is 0 Å². The summed E-state index contributed by atoms with van der Waals surface area (Å²) in [5, 5.41) is 0.677. The van der Waals surface area contributed by atoms with E-state index in [1.807, 2.05) is 26.0 Å². The van der Waals surface area contributed by atoms with Crippen molar-refractivity contribution in [1.29, 1.82) is 0 Å². The number of nitrogens with one attached hydrogen (secondary N) is 1. The molecule has 2 aromatic rings. The van der Waals surface area contributed by atoms with E-state index >= 15 is 0 Å². The second-order valence-electron chi connectivity index (χ2n) is 7.01. The Labute approximate surface area is 152 Å².